The first kappa shape index (κ1) is 12.6. The fraction of sp³-hybridized carbons (Fsp3) is 0.600. The number of halogens is 3. The van der Waals surface area contributed by atoms with Crippen LogP contribution in [0.2, 0.25) is 0 Å². The third-order valence-corrected chi connectivity index (χ3v) is 0.429. The standard InChI is InChI=1S/C3H3FO3.C2H4F2/c1-2(5)3(6)7-4;3-1-2-4/h1H3;1-2H2. The Labute approximate surface area is 61.0 Å². The average Bonchev–Trinajstić information content (AvgIpc) is 2.03. The highest BCUT2D eigenvalue weighted by Crippen LogP contribution is 1.77. The van der Waals surface area contributed by atoms with Gasteiger partial charge >= 0.3 is 5.97 Å². The first-order valence-corrected chi connectivity index (χ1v) is 2.55. The monoisotopic (exact) mass is 172 g/mol. The summed E-state index contributed by atoms with van der Waals surface area (Å²) >= 11 is 0. The molecule has 0 saturated heterocycles. The molecule has 0 aliphatic heterocycles. The van der Waals surface area contributed by atoms with Crippen molar-refractivity contribution < 1.29 is 27.8 Å². The van der Waals surface area contributed by atoms with E-state index in [1.807, 2.05) is 0 Å². The Kier molecular flexibility index (Phi) is 10.2. The lowest BCUT2D eigenvalue weighted by Gasteiger charge is -1.79. The first-order valence-electron chi connectivity index (χ1n) is 2.55. The maximum Gasteiger partial charge on any atom is 0.414 e. The molecule has 0 radical (unpaired) electrons. The molecule has 0 fully saturated rings. The highest BCUT2D eigenvalue weighted by molar-refractivity contribution is 6.32. The topological polar surface area (TPSA) is 43.4 Å². The van der Waals surface area contributed by atoms with Crippen LogP contribution < -0.4 is 0 Å². The second-order valence-corrected chi connectivity index (χ2v) is 1.30. The summed E-state index contributed by atoms with van der Waals surface area (Å²) in [5, 5.41) is 0. The second kappa shape index (κ2) is 8.93. The fourth-order valence-corrected chi connectivity index (χ4v) is 0.0543. The van der Waals surface area contributed by atoms with Crippen LogP contribution in [0.25, 0.3) is 0 Å². The molecule has 0 unspecified atom stereocenters. The van der Waals surface area contributed by atoms with E-state index in [9.17, 15) is 22.9 Å². The van der Waals surface area contributed by atoms with Crippen molar-refractivity contribution in [2.75, 3.05) is 13.3 Å². The molecule has 0 heterocycles. The molecule has 0 saturated carbocycles. The van der Waals surface area contributed by atoms with E-state index in [0.29, 0.717) is 0 Å². The molecular formula is C5H7F3O3. The Morgan fingerprint density at radius 2 is 1.64 bits per heavy atom. The van der Waals surface area contributed by atoms with Crippen LogP contribution in [0.15, 0.2) is 0 Å². The molecule has 11 heavy (non-hydrogen) atoms. The van der Waals surface area contributed by atoms with E-state index in [-0.39, 0.29) is 0 Å². The Balaban J connectivity index is 0. The first-order chi connectivity index (χ1) is 5.09. The smallest absolute Gasteiger partial charge is 0.287 e. The summed E-state index contributed by atoms with van der Waals surface area (Å²) in [5.41, 5.74) is 0. The quantitative estimate of drug-likeness (QED) is 0.582. The van der Waals surface area contributed by atoms with Gasteiger partial charge in [-0.1, -0.05) is 0 Å². The molecule has 0 aromatic heterocycles. The van der Waals surface area contributed by atoms with Crippen LogP contribution in [-0.2, 0) is 14.5 Å². The largest absolute Gasteiger partial charge is 0.414 e. The van der Waals surface area contributed by atoms with E-state index in [1.165, 1.54) is 0 Å². The lowest BCUT2D eigenvalue weighted by atomic mass is 10.5. The molecule has 0 spiro atoms. The normalized spacial score (nSPS) is 7.64. The lowest BCUT2D eigenvalue weighted by molar-refractivity contribution is -0.185. The lowest BCUT2D eigenvalue weighted by Crippen LogP contribution is -2.08. The molecule has 0 aliphatic carbocycles. The van der Waals surface area contributed by atoms with Gasteiger partial charge in [-0.15, -0.1) is 0 Å². The molecule has 6 heteroatoms. The summed E-state index contributed by atoms with van der Waals surface area (Å²) < 4.78 is 31.3. The number of Topliss-reactive ketones (excluding diaryl/α,β-unsaturated/α-hetero) is 1. The van der Waals surface area contributed by atoms with Crippen molar-refractivity contribution in [3.05, 3.63) is 0 Å². The fourth-order valence-electron chi connectivity index (χ4n) is 0.0543. The van der Waals surface area contributed by atoms with Crippen LogP contribution in [0.5, 0.6) is 0 Å². The van der Waals surface area contributed by atoms with Gasteiger partial charge in [0.1, 0.15) is 13.3 Å². The molecule has 0 aromatic carbocycles. The number of hydrogen-bond acceptors (Lipinski definition) is 3. The zero-order chi connectivity index (χ0) is 9.28. The van der Waals surface area contributed by atoms with Crippen molar-refractivity contribution in [2.24, 2.45) is 0 Å². The van der Waals surface area contributed by atoms with Crippen molar-refractivity contribution in [3.8, 4) is 0 Å². The number of rotatable bonds is 2. The number of hydrogen-bond donors (Lipinski definition) is 0. The minimum Gasteiger partial charge on any atom is -0.287 e. The summed E-state index contributed by atoms with van der Waals surface area (Å²) in [6.45, 7) is -0.776. The Bertz CT molecular complexity index is 124. The van der Waals surface area contributed by atoms with Gasteiger partial charge in [0, 0.05) is 11.4 Å². The minimum absolute atomic E-state index is 0.847. The average molecular weight is 172 g/mol. The van der Waals surface area contributed by atoms with E-state index in [0.717, 1.165) is 6.92 Å². The van der Waals surface area contributed by atoms with Gasteiger partial charge in [0.05, 0.1) is 0 Å². The van der Waals surface area contributed by atoms with Crippen molar-refractivity contribution >= 4 is 11.8 Å². The summed E-state index contributed by atoms with van der Waals surface area (Å²) in [5.74, 6) is -2.40. The molecule has 0 aliphatic rings. The van der Waals surface area contributed by atoms with Gasteiger partial charge in [0.25, 0.3) is 0 Å². The van der Waals surface area contributed by atoms with Gasteiger partial charge in [-0.05, 0) is 0 Å². The molecule has 0 rings (SSSR count). The van der Waals surface area contributed by atoms with Crippen LogP contribution in [0.3, 0.4) is 0 Å². The molecular weight excluding hydrogens is 165 g/mol. The van der Waals surface area contributed by atoms with Crippen molar-refractivity contribution in [1.82, 2.24) is 0 Å². The van der Waals surface area contributed by atoms with E-state index in [1.54, 1.807) is 0 Å². The number of alkyl halides is 2. The van der Waals surface area contributed by atoms with Crippen LogP contribution in [0.1, 0.15) is 6.92 Å². The summed E-state index contributed by atoms with van der Waals surface area (Å²) in [6, 6.07) is 0. The van der Waals surface area contributed by atoms with Gasteiger partial charge < -0.3 is 0 Å². The zero-order valence-electron chi connectivity index (χ0n) is 5.77. The Morgan fingerprint density at radius 1 is 1.27 bits per heavy atom. The van der Waals surface area contributed by atoms with Gasteiger partial charge in [-0.3, -0.25) is 4.79 Å². The van der Waals surface area contributed by atoms with Crippen LogP contribution in [-0.4, -0.2) is 25.1 Å². The van der Waals surface area contributed by atoms with E-state index < -0.39 is 25.1 Å². The van der Waals surface area contributed by atoms with Gasteiger partial charge in [-0.2, -0.15) is 0 Å². The van der Waals surface area contributed by atoms with Crippen molar-refractivity contribution in [2.45, 2.75) is 6.92 Å². The number of carbonyl (C=O) groups excluding carboxylic acids is 2. The molecule has 66 valence electrons. The van der Waals surface area contributed by atoms with Gasteiger partial charge in [0.2, 0.25) is 5.78 Å². The number of ketones is 1. The van der Waals surface area contributed by atoms with E-state index >= 15 is 0 Å². The van der Waals surface area contributed by atoms with E-state index in [2.05, 4.69) is 4.94 Å². The van der Waals surface area contributed by atoms with Crippen molar-refractivity contribution in [1.29, 1.82) is 0 Å². The third-order valence-electron chi connectivity index (χ3n) is 0.429. The van der Waals surface area contributed by atoms with Gasteiger partial charge in [-0.25, -0.2) is 18.5 Å². The highest BCUT2D eigenvalue weighted by Gasteiger charge is 2.07. The summed E-state index contributed by atoms with van der Waals surface area (Å²) in [4.78, 5) is 21.7. The van der Waals surface area contributed by atoms with Gasteiger partial charge in [0.15, 0.2) is 0 Å². The molecule has 0 amide bonds. The third kappa shape index (κ3) is 12.2. The summed E-state index contributed by atoms with van der Waals surface area (Å²) in [7, 11) is 0. The van der Waals surface area contributed by atoms with Crippen molar-refractivity contribution in [3.63, 3.8) is 0 Å². The molecule has 0 atom stereocenters. The van der Waals surface area contributed by atoms with Crippen LogP contribution in [0.4, 0.5) is 13.3 Å². The maximum atomic E-state index is 10.6. The Morgan fingerprint density at radius 3 is 1.64 bits per heavy atom. The molecule has 3 nitrogen and oxygen atoms in total. The maximum absolute atomic E-state index is 10.6. The second-order valence-electron chi connectivity index (χ2n) is 1.30. The van der Waals surface area contributed by atoms with E-state index in [4.69, 9.17) is 0 Å². The SMILES string of the molecule is CC(=O)C(=O)OF.FCCF. The Hall–Kier alpha value is -1.07. The summed E-state index contributed by atoms with van der Waals surface area (Å²) in [6.07, 6.45) is 0. The zero-order valence-corrected chi connectivity index (χ0v) is 5.77. The number of carbonyl (C=O) groups is 2. The molecule has 0 bridgehead atoms. The van der Waals surface area contributed by atoms with Crippen LogP contribution >= 0.6 is 0 Å². The predicted molar refractivity (Wildman–Crippen MR) is 29.8 cm³/mol. The molecule has 0 N–H and O–H groups in total. The van der Waals surface area contributed by atoms with Crippen LogP contribution in [0, 0.1) is 0 Å². The highest BCUT2D eigenvalue weighted by atomic mass is 19.3. The molecule has 0 aromatic rings. The minimum atomic E-state index is -1.46. The predicted octanol–water partition coefficient (Wildman–Crippen LogP) is 0.929.